The molecule has 4 nitrogen and oxygen atoms in total. The van der Waals surface area contributed by atoms with E-state index in [1.807, 2.05) is 7.11 Å². The third-order valence-corrected chi connectivity index (χ3v) is 3.11. The van der Waals surface area contributed by atoms with Crippen LogP contribution in [0.3, 0.4) is 0 Å². The molecule has 1 aliphatic heterocycles. The Bertz CT molecular complexity index is 167. The molecule has 96 valence electrons. The van der Waals surface area contributed by atoms with E-state index in [1.54, 1.807) is 7.11 Å². The second kappa shape index (κ2) is 8.93. The molecule has 0 amide bonds. The number of ether oxygens (including phenoxy) is 2. The fraction of sp³-hybridized carbons (Fsp3) is 1.00. The largest absolute Gasteiger partial charge is 0.383 e. The van der Waals surface area contributed by atoms with Gasteiger partial charge in [0.1, 0.15) is 0 Å². The molecular weight excluding hydrogens is 204 g/mol. The number of hydrogen-bond acceptors (Lipinski definition) is 4. The lowest BCUT2D eigenvalue weighted by molar-refractivity contribution is 0.0311. The molecule has 1 N–H and O–H groups in total. The second-order valence-electron chi connectivity index (χ2n) is 4.40. The molecule has 1 fully saturated rings. The minimum Gasteiger partial charge on any atom is -0.383 e. The molecule has 0 radical (unpaired) electrons. The van der Waals surface area contributed by atoms with Gasteiger partial charge >= 0.3 is 0 Å². The van der Waals surface area contributed by atoms with Crippen LogP contribution in [0.4, 0.5) is 0 Å². The fourth-order valence-corrected chi connectivity index (χ4v) is 2.14. The van der Waals surface area contributed by atoms with Gasteiger partial charge in [-0.1, -0.05) is 0 Å². The average Bonchev–Trinajstić information content (AvgIpc) is 2.34. The van der Waals surface area contributed by atoms with Crippen molar-refractivity contribution in [2.45, 2.75) is 25.4 Å². The molecule has 1 saturated heterocycles. The topological polar surface area (TPSA) is 33.7 Å². The third kappa shape index (κ3) is 5.80. The molecule has 0 spiro atoms. The number of rotatable bonds is 8. The maximum Gasteiger partial charge on any atom is 0.0698 e. The van der Waals surface area contributed by atoms with Gasteiger partial charge in [-0.15, -0.1) is 0 Å². The summed E-state index contributed by atoms with van der Waals surface area (Å²) in [6, 6.07) is 0. The van der Waals surface area contributed by atoms with E-state index in [1.165, 1.54) is 32.4 Å². The summed E-state index contributed by atoms with van der Waals surface area (Å²) in [4.78, 5) is 2.51. The standard InChI is InChI=1S/C12H26N2O2/c1-15-10-7-13-6-4-9-14-8-3-5-12(11-14)16-2/h12-13H,3-11H2,1-2H3. The number of likely N-dealkylation sites (tertiary alicyclic amines) is 1. The molecule has 1 aliphatic rings. The van der Waals surface area contributed by atoms with Crippen molar-refractivity contribution in [2.75, 3.05) is 53.6 Å². The van der Waals surface area contributed by atoms with E-state index in [4.69, 9.17) is 9.47 Å². The van der Waals surface area contributed by atoms with E-state index in [0.29, 0.717) is 6.10 Å². The van der Waals surface area contributed by atoms with Gasteiger partial charge in [0.05, 0.1) is 12.7 Å². The summed E-state index contributed by atoms with van der Waals surface area (Å²) in [6.45, 7) is 6.36. The number of nitrogens with one attached hydrogen (secondary N) is 1. The maximum atomic E-state index is 5.41. The first-order valence-electron chi connectivity index (χ1n) is 6.31. The first-order chi connectivity index (χ1) is 7.86. The lowest BCUT2D eigenvalue weighted by atomic mass is 10.1. The molecule has 1 heterocycles. The molecule has 0 aromatic heterocycles. The van der Waals surface area contributed by atoms with Crippen LogP contribution in [0.15, 0.2) is 0 Å². The number of nitrogens with zero attached hydrogens (tertiary/aromatic N) is 1. The highest BCUT2D eigenvalue weighted by Crippen LogP contribution is 2.12. The summed E-state index contributed by atoms with van der Waals surface area (Å²) in [5.74, 6) is 0. The van der Waals surface area contributed by atoms with Gasteiger partial charge in [0.25, 0.3) is 0 Å². The van der Waals surface area contributed by atoms with Crippen molar-refractivity contribution in [1.29, 1.82) is 0 Å². The van der Waals surface area contributed by atoms with Crippen molar-refractivity contribution in [3.63, 3.8) is 0 Å². The van der Waals surface area contributed by atoms with Crippen molar-refractivity contribution in [3.8, 4) is 0 Å². The van der Waals surface area contributed by atoms with E-state index in [2.05, 4.69) is 10.2 Å². The SMILES string of the molecule is COCCNCCCN1CCCC(OC)C1. The van der Waals surface area contributed by atoms with E-state index in [0.717, 1.165) is 26.2 Å². The molecule has 0 aliphatic carbocycles. The van der Waals surface area contributed by atoms with Crippen LogP contribution < -0.4 is 5.32 Å². The van der Waals surface area contributed by atoms with Crippen molar-refractivity contribution in [2.24, 2.45) is 0 Å². The van der Waals surface area contributed by atoms with Gasteiger partial charge in [0, 0.05) is 27.3 Å². The van der Waals surface area contributed by atoms with Crippen molar-refractivity contribution >= 4 is 0 Å². The van der Waals surface area contributed by atoms with Gasteiger partial charge in [-0.25, -0.2) is 0 Å². The monoisotopic (exact) mass is 230 g/mol. The number of methoxy groups -OCH3 is 2. The normalized spacial score (nSPS) is 22.5. The Balaban J connectivity index is 1.95. The first-order valence-corrected chi connectivity index (χ1v) is 6.31. The third-order valence-electron chi connectivity index (χ3n) is 3.11. The molecule has 1 unspecified atom stereocenters. The van der Waals surface area contributed by atoms with Crippen LogP contribution >= 0.6 is 0 Å². The summed E-state index contributed by atoms with van der Waals surface area (Å²) in [7, 11) is 3.56. The van der Waals surface area contributed by atoms with Crippen LogP contribution in [-0.2, 0) is 9.47 Å². The van der Waals surface area contributed by atoms with Crippen LogP contribution in [0, 0.1) is 0 Å². The van der Waals surface area contributed by atoms with Crippen molar-refractivity contribution in [1.82, 2.24) is 10.2 Å². The fourth-order valence-electron chi connectivity index (χ4n) is 2.14. The maximum absolute atomic E-state index is 5.41. The van der Waals surface area contributed by atoms with Gasteiger partial charge in [-0.2, -0.15) is 0 Å². The van der Waals surface area contributed by atoms with Gasteiger partial charge < -0.3 is 19.7 Å². The molecule has 16 heavy (non-hydrogen) atoms. The summed E-state index contributed by atoms with van der Waals surface area (Å²) >= 11 is 0. The molecule has 0 saturated carbocycles. The lowest BCUT2D eigenvalue weighted by Gasteiger charge is -2.31. The average molecular weight is 230 g/mol. The van der Waals surface area contributed by atoms with Crippen LogP contribution in [0.1, 0.15) is 19.3 Å². The smallest absolute Gasteiger partial charge is 0.0698 e. The summed E-state index contributed by atoms with van der Waals surface area (Å²) in [5.41, 5.74) is 0. The van der Waals surface area contributed by atoms with Gasteiger partial charge in [0.15, 0.2) is 0 Å². The van der Waals surface area contributed by atoms with Gasteiger partial charge in [-0.05, 0) is 38.9 Å². The lowest BCUT2D eigenvalue weighted by Crippen LogP contribution is -2.40. The number of hydrogen-bond donors (Lipinski definition) is 1. The zero-order valence-electron chi connectivity index (χ0n) is 10.7. The van der Waals surface area contributed by atoms with Crippen molar-refractivity contribution < 1.29 is 9.47 Å². The van der Waals surface area contributed by atoms with Crippen LogP contribution in [0.2, 0.25) is 0 Å². The molecule has 0 aromatic carbocycles. The Morgan fingerprint density at radius 3 is 2.94 bits per heavy atom. The molecular formula is C12H26N2O2. The zero-order valence-corrected chi connectivity index (χ0v) is 10.7. The predicted octanol–water partition coefficient (Wildman–Crippen LogP) is 0.723. The molecule has 1 rings (SSSR count). The molecule has 0 bridgehead atoms. The minimum absolute atomic E-state index is 0.454. The Labute approximate surface area is 99.3 Å². The highest BCUT2D eigenvalue weighted by molar-refractivity contribution is 4.72. The molecule has 1 atom stereocenters. The Morgan fingerprint density at radius 1 is 1.31 bits per heavy atom. The van der Waals surface area contributed by atoms with Crippen LogP contribution in [-0.4, -0.2) is 64.6 Å². The van der Waals surface area contributed by atoms with Crippen LogP contribution in [0.5, 0.6) is 0 Å². The molecule has 4 heteroatoms. The summed E-state index contributed by atoms with van der Waals surface area (Å²) in [5, 5.41) is 3.37. The summed E-state index contributed by atoms with van der Waals surface area (Å²) < 4.78 is 10.4. The van der Waals surface area contributed by atoms with E-state index in [-0.39, 0.29) is 0 Å². The van der Waals surface area contributed by atoms with Gasteiger partial charge in [0.2, 0.25) is 0 Å². The Kier molecular flexibility index (Phi) is 7.76. The van der Waals surface area contributed by atoms with E-state index in [9.17, 15) is 0 Å². The Morgan fingerprint density at radius 2 is 2.19 bits per heavy atom. The highest BCUT2D eigenvalue weighted by Gasteiger charge is 2.18. The quantitative estimate of drug-likeness (QED) is 0.623. The van der Waals surface area contributed by atoms with E-state index < -0.39 is 0 Å². The highest BCUT2D eigenvalue weighted by atomic mass is 16.5. The summed E-state index contributed by atoms with van der Waals surface area (Å²) in [6.07, 6.45) is 4.16. The molecule has 0 aromatic rings. The van der Waals surface area contributed by atoms with Crippen LogP contribution in [0.25, 0.3) is 0 Å². The second-order valence-corrected chi connectivity index (χ2v) is 4.40. The predicted molar refractivity (Wildman–Crippen MR) is 65.8 cm³/mol. The zero-order chi connectivity index (χ0) is 11.6. The number of piperidine rings is 1. The van der Waals surface area contributed by atoms with Crippen molar-refractivity contribution in [3.05, 3.63) is 0 Å². The minimum atomic E-state index is 0.454. The van der Waals surface area contributed by atoms with E-state index >= 15 is 0 Å². The Hall–Kier alpha value is -0.160. The van der Waals surface area contributed by atoms with Gasteiger partial charge in [-0.3, -0.25) is 0 Å². The first kappa shape index (κ1) is 13.9.